The van der Waals surface area contributed by atoms with Crippen LogP contribution in [0, 0.1) is 5.92 Å². The lowest BCUT2D eigenvalue weighted by Gasteiger charge is -2.19. The Kier molecular flexibility index (Phi) is 3.75. The van der Waals surface area contributed by atoms with Crippen LogP contribution in [0.3, 0.4) is 0 Å². The average molecular weight is 250 g/mol. The van der Waals surface area contributed by atoms with Crippen molar-refractivity contribution >= 4 is 5.97 Å². The molecule has 1 saturated carbocycles. The number of rotatable bonds is 5. The first kappa shape index (κ1) is 12.7. The molecule has 1 aromatic carbocycles. The maximum absolute atomic E-state index is 11.9. The van der Waals surface area contributed by atoms with Crippen LogP contribution >= 0.6 is 0 Å². The molecule has 0 amide bonds. The number of hydrogen-bond acceptors (Lipinski definition) is 4. The summed E-state index contributed by atoms with van der Waals surface area (Å²) in [5.41, 5.74) is 0.853. The second-order valence-corrected chi connectivity index (χ2v) is 4.42. The molecule has 1 aromatic rings. The predicted molar refractivity (Wildman–Crippen MR) is 67.0 cm³/mol. The summed E-state index contributed by atoms with van der Waals surface area (Å²) in [5.74, 6) is 1.18. The van der Waals surface area contributed by atoms with Gasteiger partial charge in [0.05, 0.1) is 27.2 Å². The SMILES string of the molecule is COC(=O)C(c1cccc(OC)c1OC)C1CC1. The smallest absolute Gasteiger partial charge is 0.313 e. The molecule has 18 heavy (non-hydrogen) atoms. The van der Waals surface area contributed by atoms with Crippen molar-refractivity contribution in [1.29, 1.82) is 0 Å². The van der Waals surface area contributed by atoms with Crippen LogP contribution in [0.15, 0.2) is 18.2 Å². The summed E-state index contributed by atoms with van der Waals surface area (Å²) in [6.45, 7) is 0. The van der Waals surface area contributed by atoms with Crippen molar-refractivity contribution in [2.24, 2.45) is 5.92 Å². The van der Waals surface area contributed by atoms with Crippen molar-refractivity contribution in [3.8, 4) is 11.5 Å². The van der Waals surface area contributed by atoms with Gasteiger partial charge in [-0.25, -0.2) is 0 Å². The highest BCUT2D eigenvalue weighted by Crippen LogP contribution is 2.47. The van der Waals surface area contributed by atoms with Crippen LogP contribution in [-0.2, 0) is 9.53 Å². The van der Waals surface area contributed by atoms with E-state index < -0.39 is 0 Å². The number of benzene rings is 1. The molecule has 0 saturated heterocycles. The second-order valence-electron chi connectivity index (χ2n) is 4.42. The normalized spacial score (nSPS) is 15.9. The quantitative estimate of drug-likeness (QED) is 0.753. The Morgan fingerprint density at radius 1 is 1.22 bits per heavy atom. The van der Waals surface area contributed by atoms with E-state index in [9.17, 15) is 4.79 Å². The molecule has 0 aliphatic heterocycles. The van der Waals surface area contributed by atoms with Crippen LogP contribution in [0.2, 0.25) is 0 Å². The van der Waals surface area contributed by atoms with E-state index in [0.717, 1.165) is 18.4 Å². The molecule has 98 valence electrons. The van der Waals surface area contributed by atoms with Gasteiger partial charge in [-0.3, -0.25) is 4.79 Å². The van der Waals surface area contributed by atoms with Crippen molar-refractivity contribution in [2.75, 3.05) is 21.3 Å². The third-order valence-corrected chi connectivity index (χ3v) is 3.32. The Labute approximate surface area is 107 Å². The Morgan fingerprint density at radius 2 is 1.94 bits per heavy atom. The number of carbonyl (C=O) groups is 1. The van der Waals surface area contributed by atoms with E-state index in [4.69, 9.17) is 14.2 Å². The molecule has 0 spiro atoms. The van der Waals surface area contributed by atoms with Gasteiger partial charge < -0.3 is 14.2 Å². The molecule has 2 rings (SSSR count). The molecule has 0 aromatic heterocycles. The number of ether oxygens (including phenoxy) is 3. The molecule has 1 aliphatic rings. The maximum atomic E-state index is 11.9. The third kappa shape index (κ3) is 2.28. The lowest BCUT2D eigenvalue weighted by molar-refractivity contribution is -0.143. The first-order chi connectivity index (χ1) is 8.72. The zero-order valence-electron chi connectivity index (χ0n) is 10.9. The number of carbonyl (C=O) groups excluding carboxylic acids is 1. The van der Waals surface area contributed by atoms with E-state index >= 15 is 0 Å². The van der Waals surface area contributed by atoms with Gasteiger partial charge in [0.2, 0.25) is 0 Å². The second kappa shape index (κ2) is 5.29. The van der Waals surface area contributed by atoms with Gasteiger partial charge in [-0.05, 0) is 24.8 Å². The van der Waals surface area contributed by atoms with Crippen molar-refractivity contribution in [3.05, 3.63) is 23.8 Å². The largest absolute Gasteiger partial charge is 0.493 e. The molecule has 0 radical (unpaired) electrons. The van der Waals surface area contributed by atoms with Crippen LogP contribution in [0.5, 0.6) is 11.5 Å². The summed E-state index contributed by atoms with van der Waals surface area (Å²) in [6.07, 6.45) is 2.11. The minimum absolute atomic E-state index is 0.205. The molecule has 0 N–H and O–H groups in total. The lowest BCUT2D eigenvalue weighted by atomic mass is 9.93. The first-order valence-corrected chi connectivity index (χ1v) is 6.01. The minimum atomic E-state index is -0.250. The van der Waals surface area contributed by atoms with E-state index in [2.05, 4.69) is 0 Å². The van der Waals surface area contributed by atoms with Crippen LogP contribution in [0.25, 0.3) is 0 Å². The van der Waals surface area contributed by atoms with Gasteiger partial charge in [0.25, 0.3) is 0 Å². The summed E-state index contributed by atoms with van der Waals surface area (Å²) in [6, 6.07) is 5.60. The number of para-hydroxylation sites is 1. The molecule has 1 aliphatic carbocycles. The highest BCUT2D eigenvalue weighted by atomic mass is 16.5. The van der Waals surface area contributed by atoms with Gasteiger partial charge in [-0.2, -0.15) is 0 Å². The van der Waals surface area contributed by atoms with Crippen molar-refractivity contribution in [2.45, 2.75) is 18.8 Å². The predicted octanol–water partition coefficient (Wildman–Crippen LogP) is 2.37. The van der Waals surface area contributed by atoms with E-state index in [1.807, 2.05) is 18.2 Å². The highest BCUT2D eigenvalue weighted by molar-refractivity contribution is 5.80. The number of methoxy groups -OCH3 is 3. The van der Waals surface area contributed by atoms with Gasteiger partial charge in [0.15, 0.2) is 11.5 Å². The molecule has 4 nitrogen and oxygen atoms in total. The third-order valence-electron chi connectivity index (χ3n) is 3.32. The van der Waals surface area contributed by atoms with E-state index in [0.29, 0.717) is 17.4 Å². The minimum Gasteiger partial charge on any atom is -0.493 e. The number of hydrogen-bond donors (Lipinski definition) is 0. The average Bonchev–Trinajstić information content (AvgIpc) is 3.22. The summed E-state index contributed by atoms with van der Waals surface area (Å²) >= 11 is 0. The molecule has 4 heteroatoms. The monoisotopic (exact) mass is 250 g/mol. The van der Waals surface area contributed by atoms with Gasteiger partial charge in [0, 0.05) is 5.56 Å². The Morgan fingerprint density at radius 3 is 2.44 bits per heavy atom. The highest BCUT2D eigenvalue weighted by Gasteiger charge is 2.40. The van der Waals surface area contributed by atoms with Gasteiger partial charge in [-0.1, -0.05) is 12.1 Å². The van der Waals surface area contributed by atoms with E-state index in [1.165, 1.54) is 7.11 Å². The van der Waals surface area contributed by atoms with Crippen LogP contribution in [-0.4, -0.2) is 27.3 Å². The molecular weight excluding hydrogens is 232 g/mol. The molecule has 1 unspecified atom stereocenters. The lowest BCUT2D eigenvalue weighted by Crippen LogP contribution is -2.17. The van der Waals surface area contributed by atoms with Crippen LogP contribution in [0.4, 0.5) is 0 Å². The summed E-state index contributed by atoms with van der Waals surface area (Å²) < 4.78 is 15.6. The van der Waals surface area contributed by atoms with Crippen LogP contribution < -0.4 is 9.47 Å². The summed E-state index contributed by atoms with van der Waals surface area (Å²) in [7, 11) is 4.60. The fourth-order valence-electron chi connectivity index (χ4n) is 2.29. The standard InChI is InChI=1S/C14H18O4/c1-16-11-6-4-5-10(13(11)17-2)12(9-7-8-9)14(15)18-3/h4-6,9,12H,7-8H2,1-3H3. The number of esters is 1. The molecule has 0 heterocycles. The molecular formula is C14H18O4. The van der Waals surface area contributed by atoms with Crippen molar-refractivity contribution in [3.63, 3.8) is 0 Å². The Balaban J connectivity index is 2.43. The van der Waals surface area contributed by atoms with Gasteiger partial charge in [-0.15, -0.1) is 0 Å². The zero-order valence-corrected chi connectivity index (χ0v) is 10.9. The van der Waals surface area contributed by atoms with Crippen molar-refractivity contribution in [1.82, 2.24) is 0 Å². The topological polar surface area (TPSA) is 44.8 Å². The van der Waals surface area contributed by atoms with Gasteiger partial charge in [0.1, 0.15) is 0 Å². The molecule has 0 bridgehead atoms. The van der Waals surface area contributed by atoms with Crippen molar-refractivity contribution < 1.29 is 19.0 Å². The Bertz CT molecular complexity index is 437. The van der Waals surface area contributed by atoms with Gasteiger partial charge >= 0.3 is 5.97 Å². The van der Waals surface area contributed by atoms with E-state index in [-0.39, 0.29) is 11.9 Å². The first-order valence-electron chi connectivity index (χ1n) is 6.01. The fraction of sp³-hybridized carbons (Fsp3) is 0.500. The zero-order chi connectivity index (χ0) is 13.1. The van der Waals surface area contributed by atoms with Crippen LogP contribution in [0.1, 0.15) is 24.3 Å². The van der Waals surface area contributed by atoms with E-state index in [1.54, 1.807) is 14.2 Å². The summed E-state index contributed by atoms with van der Waals surface area (Å²) in [5, 5.41) is 0. The fourth-order valence-corrected chi connectivity index (χ4v) is 2.29. The summed E-state index contributed by atoms with van der Waals surface area (Å²) in [4.78, 5) is 11.9. The molecule has 1 fully saturated rings. The maximum Gasteiger partial charge on any atom is 0.313 e. The Hall–Kier alpha value is -1.71. The molecule has 1 atom stereocenters.